The van der Waals surface area contributed by atoms with Gasteiger partial charge in [0, 0.05) is 37.4 Å². The number of carboxylic acid groups (broad SMARTS) is 2. The van der Waals surface area contributed by atoms with Gasteiger partial charge in [0.1, 0.15) is 12.1 Å². The average Bonchev–Trinajstić information content (AvgIpc) is 2.73. The summed E-state index contributed by atoms with van der Waals surface area (Å²) in [5, 5.41) is 27.3. The van der Waals surface area contributed by atoms with Gasteiger partial charge in [0.15, 0.2) is 0 Å². The van der Waals surface area contributed by atoms with Crippen molar-refractivity contribution < 1.29 is 39.0 Å². The van der Waals surface area contributed by atoms with Crippen LogP contribution in [0.4, 0.5) is 0 Å². The van der Waals surface area contributed by atoms with E-state index in [1.165, 1.54) is 0 Å². The molecule has 6 N–H and O–H groups in total. The number of piperazine rings is 1. The van der Waals surface area contributed by atoms with Crippen molar-refractivity contribution in [3.63, 3.8) is 0 Å². The van der Waals surface area contributed by atoms with Crippen LogP contribution in [0, 0.1) is 0 Å². The first-order valence-electron chi connectivity index (χ1n) is 10.2. The normalized spacial score (nSPS) is 18.2. The highest BCUT2D eigenvalue weighted by Crippen LogP contribution is 2.10. The number of aliphatic carboxylic acids is 2. The number of hydrogen-bond acceptors (Lipinski definition) is 6. The standard InChI is InChI=1S/C20H28N4O8/c25-15(7-9-17(27)28)21-11-3-1-5-13-19(31)24-14(20(32)23-13)6-2-4-12-22-16(26)8-10-18(29)30/h7-10,13-14H,1-6,11-12H2,(H,21,25)(H,22,26)(H,23,32)(H,24,31)(H,27,28)(H,29,30)/b9-7+,10-8+/t13-,14-/m0/s1. The zero-order valence-electron chi connectivity index (χ0n) is 17.5. The fraction of sp³-hybridized carbons (Fsp3) is 0.500. The molecule has 0 unspecified atom stereocenters. The second kappa shape index (κ2) is 14.3. The summed E-state index contributed by atoms with van der Waals surface area (Å²) in [5.74, 6) is -4.03. The number of rotatable bonds is 14. The third kappa shape index (κ3) is 11.5. The lowest BCUT2D eigenvalue weighted by Gasteiger charge is -2.29. The lowest BCUT2D eigenvalue weighted by atomic mass is 10.0. The van der Waals surface area contributed by atoms with Crippen LogP contribution in [0.15, 0.2) is 24.3 Å². The Balaban J connectivity index is 2.20. The summed E-state index contributed by atoms with van der Waals surface area (Å²) in [7, 11) is 0. The molecule has 1 aliphatic rings. The van der Waals surface area contributed by atoms with Gasteiger partial charge < -0.3 is 31.5 Å². The number of carbonyl (C=O) groups is 6. The number of amides is 4. The predicted molar refractivity (Wildman–Crippen MR) is 111 cm³/mol. The first kappa shape index (κ1) is 26.3. The molecule has 0 bridgehead atoms. The highest BCUT2D eigenvalue weighted by atomic mass is 16.4. The molecule has 0 aromatic heterocycles. The quantitative estimate of drug-likeness (QED) is 0.140. The summed E-state index contributed by atoms with van der Waals surface area (Å²) < 4.78 is 0. The summed E-state index contributed by atoms with van der Waals surface area (Å²) in [6.07, 6.45) is 6.38. The highest BCUT2D eigenvalue weighted by Gasteiger charge is 2.32. The monoisotopic (exact) mass is 452 g/mol. The minimum absolute atomic E-state index is 0.282. The largest absolute Gasteiger partial charge is 0.478 e. The van der Waals surface area contributed by atoms with E-state index in [4.69, 9.17) is 10.2 Å². The maximum absolute atomic E-state index is 12.2. The molecule has 1 rings (SSSR count). The molecule has 1 aliphatic heterocycles. The lowest BCUT2D eigenvalue weighted by molar-refractivity contribution is -0.137. The van der Waals surface area contributed by atoms with E-state index in [9.17, 15) is 28.8 Å². The molecule has 12 nitrogen and oxygen atoms in total. The molecular weight excluding hydrogens is 424 g/mol. The van der Waals surface area contributed by atoms with Crippen LogP contribution < -0.4 is 21.3 Å². The van der Waals surface area contributed by atoms with Gasteiger partial charge in [-0.1, -0.05) is 0 Å². The molecule has 0 aromatic carbocycles. The van der Waals surface area contributed by atoms with Crippen molar-refractivity contribution in [3.8, 4) is 0 Å². The summed E-state index contributed by atoms with van der Waals surface area (Å²) in [6.45, 7) is 0.632. The first-order valence-corrected chi connectivity index (χ1v) is 10.2. The zero-order chi connectivity index (χ0) is 23.9. The Kier molecular flexibility index (Phi) is 11.8. The van der Waals surface area contributed by atoms with Gasteiger partial charge in [-0.2, -0.15) is 0 Å². The van der Waals surface area contributed by atoms with Crippen LogP contribution in [0.2, 0.25) is 0 Å². The smallest absolute Gasteiger partial charge is 0.328 e. The van der Waals surface area contributed by atoms with Gasteiger partial charge in [-0.15, -0.1) is 0 Å². The Morgan fingerprint density at radius 2 is 1.06 bits per heavy atom. The van der Waals surface area contributed by atoms with Crippen LogP contribution in [-0.4, -0.2) is 71.0 Å². The van der Waals surface area contributed by atoms with Gasteiger partial charge in [0.25, 0.3) is 0 Å². The van der Waals surface area contributed by atoms with Gasteiger partial charge in [0.2, 0.25) is 23.6 Å². The number of unbranched alkanes of at least 4 members (excludes halogenated alkanes) is 2. The average molecular weight is 452 g/mol. The molecule has 12 heteroatoms. The van der Waals surface area contributed by atoms with Gasteiger partial charge in [-0.25, -0.2) is 9.59 Å². The first-order chi connectivity index (χ1) is 15.2. The third-order valence-electron chi connectivity index (χ3n) is 4.46. The van der Waals surface area contributed by atoms with Gasteiger partial charge >= 0.3 is 11.9 Å². The minimum Gasteiger partial charge on any atom is -0.478 e. The maximum atomic E-state index is 12.2. The molecule has 2 atom stereocenters. The number of nitrogens with one attached hydrogen (secondary N) is 4. The van der Waals surface area contributed by atoms with E-state index >= 15 is 0 Å². The predicted octanol–water partition coefficient (Wildman–Crippen LogP) is -1.18. The molecule has 32 heavy (non-hydrogen) atoms. The fourth-order valence-electron chi connectivity index (χ4n) is 2.86. The van der Waals surface area contributed by atoms with E-state index in [0.717, 1.165) is 24.3 Å². The Morgan fingerprint density at radius 3 is 1.41 bits per heavy atom. The van der Waals surface area contributed by atoms with E-state index < -0.39 is 35.8 Å². The molecule has 176 valence electrons. The van der Waals surface area contributed by atoms with Crippen LogP contribution in [0.5, 0.6) is 0 Å². The molecule has 0 saturated carbocycles. The number of carboxylic acids is 2. The number of hydrogen-bond donors (Lipinski definition) is 6. The van der Waals surface area contributed by atoms with E-state index in [1.807, 2.05) is 0 Å². The summed E-state index contributed by atoms with van der Waals surface area (Å²) in [5.41, 5.74) is 0. The summed E-state index contributed by atoms with van der Waals surface area (Å²) >= 11 is 0. The Labute approximate surface area is 184 Å². The minimum atomic E-state index is -1.21. The van der Waals surface area contributed by atoms with Gasteiger partial charge in [-0.3, -0.25) is 19.2 Å². The van der Waals surface area contributed by atoms with Crippen molar-refractivity contribution in [2.75, 3.05) is 13.1 Å². The van der Waals surface area contributed by atoms with Gasteiger partial charge in [0.05, 0.1) is 0 Å². The molecular formula is C20H28N4O8. The van der Waals surface area contributed by atoms with Crippen LogP contribution in [-0.2, 0) is 28.8 Å². The van der Waals surface area contributed by atoms with Crippen molar-refractivity contribution in [2.24, 2.45) is 0 Å². The second-order valence-corrected chi connectivity index (χ2v) is 7.04. The van der Waals surface area contributed by atoms with E-state index in [2.05, 4.69) is 21.3 Å². The highest BCUT2D eigenvalue weighted by molar-refractivity contribution is 5.97. The summed E-state index contributed by atoms with van der Waals surface area (Å²) in [6, 6.07) is -1.30. The topological polar surface area (TPSA) is 191 Å². The van der Waals surface area contributed by atoms with Crippen LogP contribution in [0.25, 0.3) is 0 Å². The van der Waals surface area contributed by atoms with Crippen LogP contribution in [0.1, 0.15) is 38.5 Å². The molecule has 0 aliphatic carbocycles. The summed E-state index contributed by atoms with van der Waals surface area (Å²) in [4.78, 5) is 67.7. The number of carbonyl (C=O) groups excluding carboxylic acids is 4. The Bertz CT molecular complexity index is 714. The van der Waals surface area contributed by atoms with Crippen LogP contribution >= 0.6 is 0 Å². The maximum Gasteiger partial charge on any atom is 0.328 e. The van der Waals surface area contributed by atoms with Crippen molar-refractivity contribution in [3.05, 3.63) is 24.3 Å². The molecule has 1 heterocycles. The molecule has 0 radical (unpaired) electrons. The lowest BCUT2D eigenvalue weighted by Crippen LogP contribution is -2.61. The molecule has 0 aromatic rings. The van der Waals surface area contributed by atoms with E-state index in [1.54, 1.807) is 0 Å². The fourth-order valence-corrected chi connectivity index (χ4v) is 2.86. The van der Waals surface area contributed by atoms with E-state index in [-0.39, 0.29) is 11.8 Å². The second-order valence-electron chi connectivity index (χ2n) is 7.04. The molecule has 1 fully saturated rings. The Morgan fingerprint density at radius 1 is 0.688 bits per heavy atom. The van der Waals surface area contributed by atoms with Gasteiger partial charge in [-0.05, 0) is 38.5 Å². The third-order valence-corrected chi connectivity index (χ3v) is 4.46. The van der Waals surface area contributed by atoms with Crippen molar-refractivity contribution >= 4 is 35.6 Å². The molecule has 4 amide bonds. The van der Waals surface area contributed by atoms with Crippen molar-refractivity contribution in [1.82, 2.24) is 21.3 Å². The van der Waals surface area contributed by atoms with Crippen molar-refractivity contribution in [2.45, 2.75) is 50.6 Å². The van der Waals surface area contributed by atoms with Crippen LogP contribution in [0.3, 0.4) is 0 Å². The molecule has 0 spiro atoms. The molecule has 1 saturated heterocycles. The zero-order valence-corrected chi connectivity index (χ0v) is 17.5. The van der Waals surface area contributed by atoms with E-state index in [0.29, 0.717) is 51.6 Å². The SMILES string of the molecule is O=C(O)/C=C/C(=O)NCCCC[C@@H]1NC(=O)[C@H](CCCCNC(=O)/C=C/C(=O)O)NC1=O. The van der Waals surface area contributed by atoms with Crippen molar-refractivity contribution in [1.29, 1.82) is 0 Å². The Hall–Kier alpha value is -3.70.